The maximum absolute atomic E-state index is 11.2. The van der Waals surface area contributed by atoms with Crippen LogP contribution in [0.1, 0.15) is 46.5 Å². The van der Waals surface area contributed by atoms with Gasteiger partial charge in [-0.25, -0.2) is 4.79 Å². The van der Waals surface area contributed by atoms with Gasteiger partial charge in [-0.1, -0.05) is 23.3 Å². The predicted octanol–water partition coefficient (Wildman–Crippen LogP) is 3.26. The van der Waals surface area contributed by atoms with Crippen LogP contribution in [-0.2, 0) is 9.53 Å². The summed E-state index contributed by atoms with van der Waals surface area (Å²) in [6.45, 7) is 6.31. The fraction of sp³-hybridized carbons (Fsp3) is 0.533. The molecule has 1 atom stereocenters. The van der Waals surface area contributed by atoms with Crippen LogP contribution < -0.4 is 0 Å². The Morgan fingerprint density at radius 1 is 1.33 bits per heavy atom. The van der Waals surface area contributed by atoms with E-state index in [1.165, 1.54) is 17.2 Å². The second-order valence-corrected chi connectivity index (χ2v) is 4.90. The summed E-state index contributed by atoms with van der Waals surface area (Å²) in [7, 11) is 0. The Balaban J connectivity index is 2.29. The first-order valence-corrected chi connectivity index (χ1v) is 6.38. The van der Waals surface area contributed by atoms with Crippen molar-refractivity contribution in [2.24, 2.45) is 0 Å². The smallest absolute Gasteiger partial charge is 0.336 e. The molecule has 1 N–H and O–H groups in total. The third-order valence-corrected chi connectivity index (χ3v) is 2.83. The molecule has 3 nitrogen and oxygen atoms in total. The summed E-state index contributed by atoms with van der Waals surface area (Å²) in [6, 6.07) is 0. The zero-order chi connectivity index (χ0) is 13.5. The summed E-state index contributed by atoms with van der Waals surface area (Å²) >= 11 is 0. The third-order valence-electron chi connectivity index (χ3n) is 2.83. The molecule has 0 radical (unpaired) electrons. The third kappa shape index (κ3) is 5.32. The number of cyclic esters (lactones) is 1. The summed E-state index contributed by atoms with van der Waals surface area (Å²) < 4.78 is 4.62. The van der Waals surface area contributed by atoms with E-state index in [0.29, 0.717) is 12.0 Å². The Kier molecular flexibility index (Phi) is 5.86. The zero-order valence-corrected chi connectivity index (χ0v) is 11.4. The van der Waals surface area contributed by atoms with Gasteiger partial charge < -0.3 is 9.84 Å². The highest BCUT2D eigenvalue weighted by Gasteiger charge is 2.22. The van der Waals surface area contributed by atoms with E-state index >= 15 is 0 Å². The van der Waals surface area contributed by atoms with E-state index in [1.807, 2.05) is 0 Å². The molecule has 1 unspecified atom stereocenters. The molecule has 0 aliphatic carbocycles. The number of hydrogen-bond acceptors (Lipinski definition) is 3. The number of hydrogen-bond donors (Lipinski definition) is 1. The highest BCUT2D eigenvalue weighted by atomic mass is 16.6. The Morgan fingerprint density at radius 2 is 2.06 bits per heavy atom. The molecule has 1 heterocycles. The predicted molar refractivity (Wildman–Crippen MR) is 71.8 cm³/mol. The first-order valence-electron chi connectivity index (χ1n) is 6.38. The van der Waals surface area contributed by atoms with Crippen LogP contribution >= 0.6 is 0 Å². The van der Waals surface area contributed by atoms with Gasteiger partial charge in [-0.05, 0) is 52.5 Å². The van der Waals surface area contributed by atoms with Crippen molar-refractivity contribution in [1.29, 1.82) is 0 Å². The van der Waals surface area contributed by atoms with E-state index in [9.17, 15) is 4.79 Å². The molecule has 0 aromatic rings. The Labute approximate surface area is 109 Å². The van der Waals surface area contributed by atoms with Crippen molar-refractivity contribution in [3.63, 3.8) is 0 Å². The number of rotatable bonds is 6. The maximum Gasteiger partial charge on any atom is 0.336 e. The molecule has 1 aliphatic heterocycles. The molecule has 0 amide bonds. The number of carbonyl (C=O) groups excluding carboxylic acids is 1. The van der Waals surface area contributed by atoms with Gasteiger partial charge in [0.2, 0.25) is 6.29 Å². The maximum atomic E-state index is 11.2. The van der Waals surface area contributed by atoms with Crippen molar-refractivity contribution in [3.8, 4) is 0 Å². The zero-order valence-electron chi connectivity index (χ0n) is 11.4. The van der Waals surface area contributed by atoms with Crippen LogP contribution in [0.25, 0.3) is 0 Å². The highest BCUT2D eigenvalue weighted by molar-refractivity contribution is 5.90. The minimum Gasteiger partial charge on any atom is -0.429 e. The molecule has 0 spiro atoms. The normalized spacial score (nSPS) is 19.6. The summed E-state index contributed by atoms with van der Waals surface area (Å²) in [5.41, 5.74) is 3.26. The van der Waals surface area contributed by atoms with E-state index < -0.39 is 12.3 Å². The summed E-state index contributed by atoms with van der Waals surface area (Å²) in [5.74, 6) is -0.391. The van der Waals surface area contributed by atoms with Gasteiger partial charge in [-0.15, -0.1) is 0 Å². The first kappa shape index (κ1) is 14.7. The molecule has 0 aromatic carbocycles. The van der Waals surface area contributed by atoms with Crippen LogP contribution in [0.15, 0.2) is 34.9 Å². The van der Waals surface area contributed by atoms with Gasteiger partial charge in [0.05, 0.1) is 0 Å². The van der Waals surface area contributed by atoms with Crippen LogP contribution in [0.4, 0.5) is 0 Å². The van der Waals surface area contributed by atoms with Gasteiger partial charge in [0.25, 0.3) is 0 Å². The van der Waals surface area contributed by atoms with E-state index in [1.54, 1.807) is 0 Å². The molecule has 0 saturated carbocycles. The van der Waals surface area contributed by atoms with Crippen LogP contribution in [0.3, 0.4) is 0 Å². The SMILES string of the molecule is CC(C)=CCC/C(C)=C/CCC1=CC(O)OC1=O. The van der Waals surface area contributed by atoms with Crippen LogP contribution in [0.5, 0.6) is 0 Å². The van der Waals surface area contributed by atoms with Gasteiger partial charge in [0, 0.05) is 5.57 Å². The standard InChI is InChI=1S/C15H22O3/c1-11(2)6-4-7-12(3)8-5-9-13-10-14(16)18-15(13)17/h6,8,10,14,16H,4-5,7,9H2,1-3H3/b12-8+. The van der Waals surface area contributed by atoms with E-state index in [2.05, 4.69) is 37.7 Å². The molecule has 0 bridgehead atoms. The molecule has 0 fully saturated rings. The van der Waals surface area contributed by atoms with Crippen molar-refractivity contribution >= 4 is 5.97 Å². The van der Waals surface area contributed by atoms with Crippen molar-refractivity contribution < 1.29 is 14.6 Å². The lowest BCUT2D eigenvalue weighted by molar-refractivity contribution is -0.151. The van der Waals surface area contributed by atoms with Crippen molar-refractivity contribution in [2.45, 2.75) is 52.7 Å². The van der Waals surface area contributed by atoms with Crippen LogP contribution in [-0.4, -0.2) is 17.4 Å². The number of allylic oxidation sites excluding steroid dienone is 4. The summed E-state index contributed by atoms with van der Waals surface area (Å²) in [5, 5.41) is 9.11. The van der Waals surface area contributed by atoms with E-state index in [0.717, 1.165) is 19.3 Å². The number of carbonyl (C=O) groups is 1. The van der Waals surface area contributed by atoms with E-state index in [4.69, 9.17) is 5.11 Å². The highest BCUT2D eigenvalue weighted by Crippen LogP contribution is 2.18. The topological polar surface area (TPSA) is 46.5 Å². The largest absolute Gasteiger partial charge is 0.429 e. The number of aliphatic hydroxyl groups excluding tert-OH is 1. The second-order valence-electron chi connectivity index (χ2n) is 4.90. The molecule has 1 aliphatic rings. The van der Waals surface area contributed by atoms with Crippen LogP contribution in [0, 0.1) is 0 Å². The minimum atomic E-state index is -1.05. The van der Waals surface area contributed by atoms with Crippen molar-refractivity contribution in [1.82, 2.24) is 0 Å². The molecule has 3 heteroatoms. The lowest BCUT2D eigenvalue weighted by Gasteiger charge is -2.00. The Morgan fingerprint density at radius 3 is 2.61 bits per heavy atom. The van der Waals surface area contributed by atoms with Gasteiger partial charge in [-0.2, -0.15) is 0 Å². The number of aliphatic hydroxyl groups is 1. The Bertz CT molecular complexity index is 385. The van der Waals surface area contributed by atoms with Gasteiger partial charge in [0.15, 0.2) is 0 Å². The monoisotopic (exact) mass is 250 g/mol. The first-order chi connectivity index (χ1) is 8.49. The van der Waals surface area contributed by atoms with Gasteiger partial charge >= 0.3 is 5.97 Å². The fourth-order valence-electron chi connectivity index (χ4n) is 1.81. The molecular formula is C15H22O3. The molecular weight excluding hydrogens is 228 g/mol. The average Bonchev–Trinajstić information content (AvgIpc) is 2.57. The molecule has 18 heavy (non-hydrogen) atoms. The van der Waals surface area contributed by atoms with Crippen LogP contribution in [0.2, 0.25) is 0 Å². The van der Waals surface area contributed by atoms with Crippen molar-refractivity contribution in [2.75, 3.05) is 0 Å². The minimum absolute atomic E-state index is 0.391. The number of ether oxygens (including phenoxy) is 1. The Hall–Kier alpha value is -1.35. The fourth-order valence-corrected chi connectivity index (χ4v) is 1.81. The lowest BCUT2D eigenvalue weighted by atomic mass is 10.1. The second kappa shape index (κ2) is 7.17. The average molecular weight is 250 g/mol. The molecule has 0 aromatic heterocycles. The summed E-state index contributed by atoms with van der Waals surface area (Å²) in [6.07, 6.45) is 8.38. The van der Waals surface area contributed by atoms with Crippen molar-refractivity contribution in [3.05, 3.63) is 34.9 Å². The van der Waals surface area contributed by atoms with E-state index in [-0.39, 0.29) is 0 Å². The molecule has 100 valence electrons. The lowest BCUT2D eigenvalue weighted by Crippen LogP contribution is -2.06. The quantitative estimate of drug-likeness (QED) is 0.581. The number of esters is 1. The van der Waals surface area contributed by atoms with Gasteiger partial charge in [-0.3, -0.25) is 0 Å². The molecule has 0 saturated heterocycles. The molecule has 1 rings (SSSR count). The summed E-state index contributed by atoms with van der Waals surface area (Å²) in [4.78, 5) is 11.2. The van der Waals surface area contributed by atoms with Gasteiger partial charge in [0.1, 0.15) is 0 Å².